The van der Waals surface area contributed by atoms with E-state index in [1.54, 1.807) is 12.1 Å². The molecule has 5 nitrogen and oxygen atoms in total. The Hall–Kier alpha value is -2.89. The Balaban J connectivity index is 1.39. The van der Waals surface area contributed by atoms with Gasteiger partial charge in [-0.3, -0.25) is 9.59 Å². The van der Waals surface area contributed by atoms with Crippen LogP contribution in [0.15, 0.2) is 54.6 Å². The van der Waals surface area contributed by atoms with Gasteiger partial charge in [0.15, 0.2) is 0 Å². The first kappa shape index (κ1) is 25.7. The quantitative estimate of drug-likeness (QED) is 0.482. The minimum absolute atomic E-state index is 0.0878. The number of halogens is 1. The van der Waals surface area contributed by atoms with Crippen molar-refractivity contribution in [2.75, 3.05) is 32.8 Å². The van der Waals surface area contributed by atoms with Gasteiger partial charge in [0.25, 0.3) is 0 Å². The lowest BCUT2D eigenvalue weighted by Gasteiger charge is -2.46. The predicted octanol–water partition coefficient (Wildman–Crippen LogP) is 5.73. The molecule has 2 aromatic carbocycles. The van der Waals surface area contributed by atoms with Crippen LogP contribution in [-0.2, 0) is 15.0 Å². The number of amides is 2. The van der Waals surface area contributed by atoms with E-state index in [1.165, 1.54) is 12.5 Å². The van der Waals surface area contributed by atoms with Gasteiger partial charge in [0, 0.05) is 38.0 Å². The summed E-state index contributed by atoms with van der Waals surface area (Å²) < 4.78 is 20.5. The van der Waals surface area contributed by atoms with Gasteiger partial charge in [0.2, 0.25) is 11.8 Å². The van der Waals surface area contributed by atoms with Crippen LogP contribution in [0.3, 0.4) is 0 Å². The van der Waals surface area contributed by atoms with Crippen LogP contribution in [0.25, 0.3) is 0 Å². The molecule has 198 valence electrons. The Morgan fingerprint density at radius 3 is 2.27 bits per heavy atom. The summed E-state index contributed by atoms with van der Waals surface area (Å²) in [5.41, 5.74) is -0.335. The highest BCUT2D eigenvalue weighted by molar-refractivity contribution is 5.89. The Morgan fingerprint density at radius 1 is 0.811 bits per heavy atom. The summed E-state index contributed by atoms with van der Waals surface area (Å²) >= 11 is 0. The lowest BCUT2D eigenvalue weighted by atomic mass is 9.74. The molecule has 1 atom stereocenters. The highest BCUT2D eigenvalue weighted by atomic mass is 19.1. The van der Waals surface area contributed by atoms with Gasteiger partial charge in [-0.05, 0) is 74.8 Å². The Morgan fingerprint density at radius 2 is 1.54 bits per heavy atom. The molecule has 2 amide bonds. The number of carbonyl (C=O) groups is 2. The molecule has 0 bridgehead atoms. The average Bonchev–Trinajstić information content (AvgIpc) is 3.44. The highest BCUT2D eigenvalue weighted by Crippen LogP contribution is 2.45. The summed E-state index contributed by atoms with van der Waals surface area (Å²) in [5, 5.41) is 0. The molecule has 2 heterocycles. The molecule has 2 aromatic rings. The smallest absolute Gasteiger partial charge is 0.233 e. The summed E-state index contributed by atoms with van der Waals surface area (Å²) in [6.45, 7) is 3.20. The summed E-state index contributed by atoms with van der Waals surface area (Å²) in [6.07, 6.45) is 8.76. The van der Waals surface area contributed by atoms with Gasteiger partial charge in [-0.2, -0.15) is 0 Å². The van der Waals surface area contributed by atoms with E-state index in [0.717, 1.165) is 75.8 Å². The lowest BCUT2D eigenvalue weighted by molar-refractivity contribution is -0.145. The van der Waals surface area contributed by atoms with Crippen LogP contribution < -0.4 is 4.74 Å². The minimum atomic E-state index is -0.678. The molecular formula is C31H39FN2O3. The summed E-state index contributed by atoms with van der Waals surface area (Å²) in [6, 6.07) is 16.3. The second-order valence-corrected chi connectivity index (χ2v) is 11.3. The zero-order chi connectivity index (χ0) is 25.7. The van der Waals surface area contributed by atoms with Crippen molar-refractivity contribution in [3.05, 3.63) is 66.0 Å². The van der Waals surface area contributed by atoms with E-state index in [4.69, 9.17) is 4.74 Å². The molecule has 3 aliphatic rings. The number of rotatable bonds is 7. The lowest BCUT2D eigenvalue weighted by Crippen LogP contribution is -2.55. The third-order valence-corrected chi connectivity index (χ3v) is 8.72. The van der Waals surface area contributed by atoms with Crippen LogP contribution in [0.5, 0.6) is 5.75 Å². The summed E-state index contributed by atoms with van der Waals surface area (Å²) in [7, 11) is 0. The molecule has 5 rings (SSSR count). The SMILES string of the molecule is O=C(C[C@]1(COc2ccccc2)CCCN(C(=O)C2(c3cccc(F)c3)CCCC2)C1)N1CCCCC1. The fourth-order valence-corrected chi connectivity index (χ4v) is 6.72. The van der Waals surface area contributed by atoms with Crippen molar-refractivity contribution >= 4 is 11.8 Å². The molecule has 0 aromatic heterocycles. The van der Waals surface area contributed by atoms with E-state index < -0.39 is 10.8 Å². The number of nitrogens with zero attached hydrogens (tertiary/aromatic N) is 2. The van der Waals surface area contributed by atoms with Gasteiger partial charge in [0.05, 0.1) is 12.0 Å². The molecule has 0 unspecified atom stereocenters. The van der Waals surface area contributed by atoms with Crippen molar-refractivity contribution in [3.8, 4) is 5.75 Å². The van der Waals surface area contributed by atoms with E-state index in [-0.39, 0.29) is 17.6 Å². The average molecular weight is 507 g/mol. The van der Waals surface area contributed by atoms with E-state index in [9.17, 15) is 14.0 Å². The molecule has 37 heavy (non-hydrogen) atoms. The Kier molecular flexibility index (Phi) is 7.82. The number of carbonyl (C=O) groups excluding carboxylic acids is 2. The first-order valence-corrected chi connectivity index (χ1v) is 14.0. The van der Waals surface area contributed by atoms with E-state index in [2.05, 4.69) is 0 Å². The maximum atomic E-state index is 14.3. The zero-order valence-electron chi connectivity index (χ0n) is 21.8. The molecule has 3 fully saturated rings. The van der Waals surface area contributed by atoms with Crippen LogP contribution in [0.2, 0.25) is 0 Å². The number of hydrogen-bond donors (Lipinski definition) is 0. The topological polar surface area (TPSA) is 49.9 Å². The molecule has 0 N–H and O–H groups in total. The first-order chi connectivity index (χ1) is 18.0. The maximum Gasteiger partial charge on any atom is 0.233 e. The molecular weight excluding hydrogens is 467 g/mol. The van der Waals surface area contributed by atoms with Crippen molar-refractivity contribution in [2.45, 2.75) is 69.6 Å². The number of likely N-dealkylation sites (tertiary alicyclic amines) is 2. The molecule has 2 saturated heterocycles. The van der Waals surface area contributed by atoms with E-state index in [1.807, 2.05) is 46.2 Å². The number of para-hydroxylation sites is 1. The zero-order valence-corrected chi connectivity index (χ0v) is 21.8. The third-order valence-electron chi connectivity index (χ3n) is 8.72. The highest BCUT2D eigenvalue weighted by Gasteiger charge is 2.48. The van der Waals surface area contributed by atoms with Gasteiger partial charge in [-0.15, -0.1) is 0 Å². The van der Waals surface area contributed by atoms with Gasteiger partial charge in [-0.25, -0.2) is 4.39 Å². The Bertz CT molecular complexity index is 1080. The summed E-state index contributed by atoms with van der Waals surface area (Å²) in [4.78, 5) is 31.7. The molecule has 6 heteroatoms. The monoisotopic (exact) mass is 506 g/mol. The second-order valence-electron chi connectivity index (χ2n) is 11.3. The van der Waals surface area contributed by atoms with Gasteiger partial charge < -0.3 is 14.5 Å². The molecule has 1 aliphatic carbocycles. The van der Waals surface area contributed by atoms with Crippen LogP contribution in [0.1, 0.15) is 69.8 Å². The van der Waals surface area contributed by atoms with Crippen molar-refractivity contribution in [1.29, 1.82) is 0 Å². The predicted molar refractivity (Wildman–Crippen MR) is 142 cm³/mol. The van der Waals surface area contributed by atoms with E-state index in [0.29, 0.717) is 26.1 Å². The van der Waals surface area contributed by atoms with Crippen molar-refractivity contribution in [3.63, 3.8) is 0 Å². The fourth-order valence-electron chi connectivity index (χ4n) is 6.72. The number of piperidine rings is 2. The number of benzene rings is 2. The standard InChI is InChI=1S/C31H39FN2O3/c32-26-12-9-11-25(21-26)31(16-5-6-17-31)29(36)34-20-10-15-30(23-34,24-37-27-13-3-1-4-14-27)22-28(35)33-18-7-2-8-19-33/h1,3-4,9,11-14,21H,2,5-8,10,15-20,22-24H2/t30-/m1/s1. The van der Waals surface area contributed by atoms with E-state index >= 15 is 0 Å². The third kappa shape index (κ3) is 5.68. The van der Waals surface area contributed by atoms with Crippen molar-refractivity contribution in [2.24, 2.45) is 5.41 Å². The second kappa shape index (κ2) is 11.2. The molecule has 2 aliphatic heterocycles. The normalized spacial score (nSPS) is 23.6. The largest absolute Gasteiger partial charge is 0.493 e. The van der Waals surface area contributed by atoms with Crippen molar-refractivity contribution < 1.29 is 18.7 Å². The maximum absolute atomic E-state index is 14.3. The van der Waals surface area contributed by atoms with Crippen LogP contribution in [0.4, 0.5) is 4.39 Å². The first-order valence-electron chi connectivity index (χ1n) is 14.0. The van der Waals surface area contributed by atoms with Gasteiger partial charge in [-0.1, -0.05) is 43.2 Å². The van der Waals surface area contributed by atoms with Crippen LogP contribution in [0, 0.1) is 11.2 Å². The molecule has 1 saturated carbocycles. The van der Waals surface area contributed by atoms with Crippen LogP contribution in [-0.4, -0.2) is 54.4 Å². The van der Waals surface area contributed by atoms with Crippen LogP contribution >= 0.6 is 0 Å². The number of hydrogen-bond acceptors (Lipinski definition) is 3. The summed E-state index contributed by atoms with van der Waals surface area (Å²) in [5.74, 6) is 0.743. The van der Waals surface area contributed by atoms with Gasteiger partial charge >= 0.3 is 0 Å². The Labute approximate surface area is 220 Å². The fraction of sp³-hybridized carbons (Fsp3) is 0.548. The molecule has 0 radical (unpaired) electrons. The number of ether oxygens (including phenoxy) is 1. The van der Waals surface area contributed by atoms with Gasteiger partial charge in [0.1, 0.15) is 11.6 Å². The minimum Gasteiger partial charge on any atom is -0.493 e. The molecule has 0 spiro atoms. The van der Waals surface area contributed by atoms with Crippen molar-refractivity contribution in [1.82, 2.24) is 9.80 Å².